The van der Waals surface area contributed by atoms with E-state index >= 15 is 0 Å². The SMILES string of the molecule is C=C(C)C(=O)O.CC1C2=C(CCC[CH-]2)C2=C1CCCC2.[CH3-].[CH3-].[Ti+3]. The van der Waals surface area contributed by atoms with Gasteiger partial charge in [0.1, 0.15) is 0 Å². The van der Waals surface area contributed by atoms with Gasteiger partial charge >= 0.3 is 27.7 Å². The summed E-state index contributed by atoms with van der Waals surface area (Å²) in [6, 6.07) is 0. The van der Waals surface area contributed by atoms with Gasteiger partial charge in [-0.05, 0) is 32.1 Å². The Balaban J connectivity index is 0. The molecule has 1 N–H and O–H groups in total. The van der Waals surface area contributed by atoms with Gasteiger partial charge in [-0.25, -0.2) is 16.8 Å². The molecule has 23 heavy (non-hydrogen) atoms. The fraction of sp³-hybridized carbons (Fsp3) is 0.500. The Hall–Kier alpha value is -0.726. The molecule has 0 amide bonds. The van der Waals surface area contributed by atoms with Crippen LogP contribution in [0.1, 0.15) is 58.8 Å². The van der Waals surface area contributed by atoms with Crippen LogP contribution in [0.2, 0.25) is 0 Å². The van der Waals surface area contributed by atoms with Gasteiger partial charge in [0, 0.05) is 5.57 Å². The molecule has 0 aromatic rings. The van der Waals surface area contributed by atoms with Crippen molar-refractivity contribution in [2.24, 2.45) is 5.92 Å². The van der Waals surface area contributed by atoms with Gasteiger partial charge in [-0.3, -0.25) is 0 Å². The van der Waals surface area contributed by atoms with Crippen molar-refractivity contribution in [2.45, 2.75) is 58.8 Å². The van der Waals surface area contributed by atoms with E-state index in [4.69, 9.17) is 5.11 Å². The Kier molecular flexibility index (Phi) is 11.7. The average Bonchev–Trinajstić information content (AvgIpc) is 2.74. The van der Waals surface area contributed by atoms with E-state index < -0.39 is 5.97 Å². The maximum atomic E-state index is 9.60. The zero-order valence-electron chi connectivity index (χ0n) is 15.2. The van der Waals surface area contributed by atoms with E-state index in [9.17, 15) is 4.79 Å². The zero-order valence-corrected chi connectivity index (χ0v) is 16.7. The van der Waals surface area contributed by atoms with Gasteiger partial charge in [-0.1, -0.05) is 38.3 Å². The maximum Gasteiger partial charge on any atom is 3.00 e. The molecule has 0 aromatic carbocycles. The van der Waals surface area contributed by atoms with Crippen molar-refractivity contribution in [3.63, 3.8) is 0 Å². The third-order valence-corrected chi connectivity index (χ3v) is 4.57. The minimum atomic E-state index is -0.935. The van der Waals surface area contributed by atoms with Crippen LogP contribution in [0.25, 0.3) is 0 Å². The Morgan fingerprint density at radius 2 is 1.65 bits per heavy atom. The first-order chi connectivity index (χ1) is 9.52. The van der Waals surface area contributed by atoms with Crippen LogP contribution in [0.15, 0.2) is 34.4 Å². The van der Waals surface area contributed by atoms with Crippen LogP contribution in [-0.4, -0.2) is 11.1 Å². The van der Waals surface area contributed by atoms with Crippen LogP contribution in [-0.2, 0) is 26.5 Å². The monoisotopic (exact) mass is 351 g/mol. The van der Waals surface area contributed by atoms with Crippen molar-refractivity contribution in [1.29, 1.82) is 0 Å². The summed E-state index contributed by atoms with van der Waals surface area (Å²) in [5.41, 5.74) is 7.24. The molecule has 1 unspecified atom stereocenters. The van der Waals surface area contributed by atoms with Crippen molar-refractivity contribution < 1.29 is 31.6 Å². The largest absolute Gasteiger partial charge is 3.00 e. The van der Waals surface area contributed by atoms with E-state index in [-0.39, 0.29) is 42.1 Å². The normalized spacial score (nSPS) is 21.0. The molecule has 0 bridgehead atoms. The topological polar surface area (TPSA) is 37.3 Å². The van der Waals surface area contributed by atoms with Crippen LogP contribution in [0, 0.1) is 27.2 Å². The number of aliphatic carboxylic acids is 1. The minimum absolute atomic E-state index is 0. The van der Waals surface area contributed by atoms with Crippen molar-refractivity contribution in [1.82, 2.24) is 0 Å². The molecule has 0 saturated carbocycles. The second-order valence-corrected chi connectivity index (χ2v) is 6.05. The molecule has 0 heterocycles. The van der Waals surface area contributed by atoms with E-state index in [0.717, 1.165) is 5.92 Å². The van der Waals surface area contributed by atoms with Gasteiger partial charge in [0.25, 0.3) is 0 Å². The molecule has 0 spiro atoms. The van der Waals surface area contributed by atoms with Crippen molar-refractivity contribution in [2.75, 3.05) is 0 Å². The molecule has 2 nitrogen and oxygen atoms in total. The Morgan fingerprint density at radius 1 is 1.13 bits per heavy atom. The van der Waals surface area contributed by atoms with Crippen LogP contribution >= 0.6 is 0 Å². The first-order valence-electron chi connectivity index (χ1n) is 7.69. The first-order valence-corrected chi connectivity index (χ1v) is 7.69. The molecule has 1 atom stereocenters. The number of fused-ring (bicyclic) bond motifs is 1. The fourth-order valence-corrected chi connectivity index (χ4v) is 3.51. The molecule has 0 aliphatic heterocycles. The van der Waals surface area contributed by atoms with Crippen LogP contribution in [0.3, 0.4) is 0 Å². The number of hydrogen-bond donors (Lipinski definition) is 1. The predicted molar refractivity (Wildman–Crippen MR) is 95.1 cm³/mol. The number of carbonyl (C=O) groups is 1. The smallest absolute Gasteiger partial charge is 0.478 e. The van der Waals surface area contributed by atoms with Gasteiger partial charge in [0.15, 0.2) is 0 Å². The van der Waals surface area contributed by atoms with Crippen molar-refractivity contribution in [3.8, 4) is 0 Å². The molecule has 0 aromatic heterocycles. The molecule has 0 fully saturated rings. The summed E-state index contributed by atoms with van der Waals surface area (Å²) in [7, 11) is 0. The summed E-state index contributed by atoms with van der Waals surface area (Å²) in [6.07, 6.45) is 12.2. The third-order valence-electron chi connectivity index (χ3n) is 4.57. The van der Waals surface area contributed by atoms with Crippen molar-refractivity contribution in [3.05, 3.63) is 55.7 Å². The quantitative estimate of drug-likeness (QED) is 0.372. The van der Waals surface area contributed by atoms with Gasteiger partial charge < -0.3 is 20.0 Å². The number of carboxylic acids is 1. The third kappa shape index (κ3) is 5.69. The summed E-state index contributed by atoms with van der Waals surface area (Å²) in [6.45, 7) is 7.02. The molecule has 127 valence electrons. The molecular weight excluding hydrogens is 320 g/mol. The predicted octanol–water partition coefficient (Wildman–Crippen LogP) is 5.74. The maximum absolute atomic E-state index is 9.60. The van der Waals surface area contributed by atoms with E-state index in [1.807, 2.05) is 0 Å². The molecular formula is C20H31O2Ti. The van der Waals surface area contributed by atoms with Crippen LogP contribution < -0.4 is 0 Å². The molecule has 3 heteroatoms. The van der Waals surface area contributed by atoms with E-state index in [1.54, 1.807) is 22.3 Å². The average molecular weight is 351 g/mol. The zero-order chi connectivity index (χ0) is 14.7. The Morgan fingerprint density at radius 3 is 2.22 bits per heavy atom. The summed E-state index contributed by atoms with van der Waals surface area (Å²) in [5, 5.41) is 7.89. The Bertz CT molecular complexity index is 442. The first kappa shape index (κ1) is 24.5. The van der Waals surface area contributed by atoms with E-state index in [2.05, 4.69) is 19.9 Å². The summed E-state index contributed by atoms with van der Waals surface area (Å²) < 4.78 is 0. The van der Waals surface area contributed by atoms with Crippen LogP contribution in [0.4, 0.5) is 0 Å². The number of allylic oxidation sites excluding steroid dienone is 4. The van der Waals surface area contributed by atoms with E-state index in [1.165, 1.54) is 51.9 Å². The number of hydrogen-bond acceptors (Lipinski definition) is 1. The second kappa shape index (κ2) is 10.9. The van der Waals surface area contributed by atoms with Gasteiger partial charge in [0.2, 0.25) is 0 Å². The molecule has 3 aliphatic rings. The summed E-state index contributed by atoms with van der Waals surface area (Å²) in [5.74, 6) is -0.157. The number of carboxylic acid groups (broad SMARTS) is 1. The van der Waals surface area contributed by atoms with Crippen LogP contribution in [0.5, 0.6) is 0 Å². The van der Waals surface area contributed by atoms with Crippen molar-refractivity contribution >= 4 is 5.97 Å². The molecule has 1 radical (unpaired) electrons. The summed E-state index contributed by atoms with van der Waals surface area (Å²) >= 11 is 0. The van der Waals surface area contributed by atoms with Gasteiger partial charge in [0.05, 0.1) is 0 Å². The minimum Gasteiger partial charge on any atom is -0.478 e. The summed E-state index contributed by atoms with van der Waals surface area (Å²) in [4.78, 5) is 9.60. The van der Waals surface area contributed by atoms with E-state index in [0.29, 0.717) is 0 Å². The molecule has 3 rings (SSSR count). The standard InChI is InChI=1S/C14H19.C4H6O2.2CH3.Ti/c1-10-11-6-2-4-8-13(11)14-9-5-3-7-12(10)14;1-3(2)4(5)6;;;/h6,10H,2-5,7-9H2,1H3;1H2,2H3,(H,5,6);2*1H3;/q-1;;2*-1;+3. The molecule has 0 saturated heterocycles. The Labute approximate surface area is 158 Å². The second-order valence-electron chi connectivity index (χ2n) is 6.05. The fourth-order valence-electron chi connectivity index (χ4n) is 3.51. The number of rotatable bonds is 1. The molecule has 3 aliphatic carbocycles. The van der Waals surface area contributed by atoms with Gasteiger partial charge in [-0.15, -0.1) is 12.0 Å². The van der Waals surface area contributed by atoms with Gasteiger partial charge in [-0.2, -0.15) is 5.57 Å².